The molecule has 0 aliphatic carbocycles. The van der Waals surface area contributed by atoms with Crippen LogP contribution < -0.4 is 5.11 Å². The van der Waals surface area contributed by atoms with E-state index in [9.17, 15) is 9.90 Å². The van der Waals surface area contributed by atoms with Gasteiger partial charge in [0.25, 0.3) is 0 Å². The molecule has 42 heavy (non-hydrogen) atoms. The van der Waals surface area contributed by atoms with Crippen molar-refractivity contribution in [1.82, 2.24) is 24.7 Å². The van der Waals surface area contributed by atoms with Crippen molar-refractivity contribution in [3.05, 3.63) is 83.3 Å². The Balaban J connectivity index is 1.44. The van der Waals surface area contributed by atoms with Gasteiger partial charge in [-0.3, -0.25) is 14.5 Å². The molecule has 8 nitrogen and oxygen atoms in total. The maximum atomic E-state index is 12.8. The van der Waals surface area contributed by atoms with Gasteiger partial charge in [0.05, 0.1) is 53.0 Å². The number of esters is 1. The van der Waals surface area contributed by atoms with E-state index in [-0.39, 0.29) is 13.0 Å². The van der Waals surface area contributed by atoms with Gasteiger partial charge in [-0.15, -0.1) is 11.3 Å². The highest BCUT2D eigenvalue weighted by Gasteiger charge is 2.21. The molecular formula is C32H27ClN5O3S-. The first-order valence-corrected chi connectivity index (χ1v) is 14.5. The highest BCUT2D eigenvalue weighted by atomic mass is 35.5. The molecule has 6 aromatic rings. The van der Waals surface area contributed by atoms with Crippen molar-refractivity contribution < 1.29 is 14.6 Å². The topological polar surface area (TPSA) is 106 Å². The average molecular weight is 597 g/mol. The van der Waals surface area contributed by atoms with Crippen molar-refractivity contribution in [2.75, 3.05) is 6.61 Å². The number of fused-ring (bicyclic) bond motifs is 2. The van der Waals surface area contributed by atoms with E-state index in [4.69, 9.17) is 26.3 Å². The first kappa shape index (κ1) is 28.0. The summed E-state index contributed by atoms with van der Waals surface area (Å²) in [4.78, 5) is 27.2. The number of thiazole rings is 1. The lowest BCUT2D eigenvalue weighted by Crippen LogP contribution is -2.42. The van der Waals surface area contributed by atoms with Gasteiger partial charge in [-0.05, 0) is 53.9 Å². The smallest absolute Gasteiger partial charge is 0.310 e. The molecule has 10 heteroatoms. The summed E-state index contributed by atoms with van der Waals surface area (Å²) in [5.41, 5.74) is 6.29. The highest BCUT2D eigenvalue weighted by Crippen LogP contribution is 2.41. The van der Waals surface area contributed by atoms with Gasteiger partial charge in [-0.2, -0.15) is 5.10 Å². The van der Waals surface area contributed by atoms with E-state index in [2.05, 4.69) is 16.1 Å². The van der Waals surface area contributed by atoms with Crippen LogP contribution >= 0.6 is 22.9 Å². The van der Waals surface area contributed by atoms with E-state index in [0.29, 0.717) is 15.7 Å². The molecule has 3 aromatic carbocycles. The van der Waals surface area contributed by atoms with Crippen LogP contribution in [0.2, 0.25) is 5.02 Å². The molecule has 0 radical (unpaired) electrons. The number of hydrogen-bond donors (Lipinski definition) is 0. The SMILES string of the molecule is Cc1cc2nc(-c3cncc(-c4ccc5c(cnn5C)c4)n3)sc2c(-c2ccc(Cl)cc2)c1CC(=O)OCC(C)(C)[O-]. The van der Waals surface area contributed by atoms with Crippen LogP contribution in [0.4, 0.5) is 0 Å². The van der Waals surface area contributed by atoms with Gasteiger partial charge < -0.3 is 9.84 Å². The lowest BCUT2D eigenvalue weighted by molar-refractivity contribution is -0.470. The van der Waals surface area contributed by atoms with E-state index < -0.39 is 11.6 Å². The van der Waals surface area contributed by atoms with Gasteiger partial charge in [0, 0.05) is 28.6 Å². The number of benzene rings is 3. The number of nitrogens with zero attached hydrogens (tertiary/aromatic N) is 5. The number of aromatic nitrogens is 5. The number of hydrogen-bond acceptors (Lipinski definition) is 8. The van der Waals surface area contributed by atoms with Crippen LogP contribution in [0.5, 0.6) is 0 Å². The summed E-state index contributed by atoms with van der Waals surface area (Å²) in [6, 6.07) is 15.6. The maximum absolute atomic E-state index is 12.8. The number of halogens is 1. The largest absolute Gasteiger partial charge is 0.847 e. The molecule has 3 aromatic heterocycles. The van der Waals surface area contributed by atoms with Gasteiger partial charge in [0.15, 0.2) is 0 Å². The number of ether oxygens (including phenoxy) is 1. The highest BCUT2D eigenvalue weighted by molar-refractivity contribution is 7.22. The summed E-state index contributed by atoms with van der Waals surface area (Å²) in [5.74, 6) is -0.453. The zero-order chi connectivity index (χ0) is 29.6. The number of aryl methyl sites for hydroxylation is 2. The molecule has 212 valence electrons. The second-order valence-corrected chi connectivity index (χ2v) is 12.3. The molecule has 0 N–H and O–H groups in total. The summed E-state index contributed by atoms with van der Waals surface area (Å²) < 4.78 is 8.08. The Morgan fingerprint density at radius 1 is 1.02 bits per heavy atom. The Morgan fingerprint density at radius 2 is 1.76 bits per heavy atom. The fraction of sp³-hybridized carbons (Fsp3) is 0.219. The van der Waals surface area contributed by atoms with Crippen LogP contribution in [-0.2, 0) is 23.0 Å². The summed E-state index contributed by atoms with van der Waals surface area (Å²) in [6.45, 7) is 4.74. The Morgan fingerprint density at radius 3 is 2.52 bits per heavy atom. The van der Waals surface area contributed by atoms with Crippen molar-refractivity contribution in [3.8, 4) is 33.1 Å². The quantitative estimate of drug-likeness (QED) is 0.203. The zero-order valence-electron chi connectivity index (χ0n) is 23.5. The molecule has 0 aliphatic heterocycles. The van der Waals surface area contributed by atoms with Crippen LogP contribution in [0.3, 0.4) is 0 Å². The molecule has 6 rings (SSSR count). The molecule has 0 unspecified atom stereocenters. The first-order chi connectivity index (χ1) is 20.1. The molecular weight excluding hydrogens is 570 g/mol. The Kier molecular flexibility index (Phi) is 7.26. The predicted octanol–water partition coefficient (Wildman–Crippen LogP) is 6.16. The minimum atomic E-state index is -1.36. The van der Waals surface area contributed by atoms with E-state index >= 15 is 0 Å². The van der Waals surface area contributed by atoms with Gasteiger partial charge in [0.2, 0.25) is 0 Å². The van der Waals surface area contributed by atoms with Gasteiger partial charge >= 0.3 is 5.97 Å². The van der Waals surface area contributed by atoms with Crippen molar-refractivity contribution in [3.63, 3.8) is 0 Å². The molecule has 0 bridgehead atoms. The number of rotatable bonds is 7. The number of carbonyl (C=O) groups excluding carboxylic acids is 1. The third-order valence-corrected chi connectivity index (χ3v) is 8.30. The maximum Gasteiger partial charge on any atom is 0.310 e. The number of carbonyl (C=O) groups is 1. The van der Waals surface area contributed by atoms with Gasteiger partial charge in [0.1, 0.15) is 10.7 Å². The van der Waals surface area contributed by atoms with E-state index in [1.807, 2.05) is 67.3 Å². The Hall–Kier alpha value is -4.18. The summed E-state index contributed by atoms with van der Waals surface area (Å²) in [5, 5.41) is 18.7. The zero-order valence-corrected chi connectivity index (χ0v) is 25.1. The molecule has 0 amide bonds. The van der Waals surface area contributed by atoms with E-state index in [0.717, 1.165) is 54.6 Å². The van der Waals surface area contributed by atoms with E-state index in [1.54, 1.807) is 12.4 Å². The third-order valence-electron chi connectivity index (χ3n) is 6.94. The van der Waals surface area contributed by atoms with Crippen molar-refractivity contribution in [2.24, 2.45) is 7.05 Å². The lowest BCUT2D eigenvalue weighted by Gasteiger charge is -2.30. The normalized spacial score (nSPS) is 11.9. The second kappa shape index (κ2) is 10.9. The molecule has 3 heterocycles. The third kappa shape index (κ3) is 5.63. The monoisotopic (exact) mass is 596 g/mol. The van der Waals surface area contributed by atoms with Crippen LogP contribution in [0.1, 0.15) is 25.0 Å². The van der Waals surface area contributed by atoms with Crippen LogP contribution in [0.25, 0.3) is 54.2 Å². The standard InChI is InChI=1S/C32H27ClN5O3S/c1-18-11-24-30(29(19-5-8-22(33)9-6-19)23(18)13-28(39)41-17-32(2,3)40)42-31(37-24)26-16-34-15-25(36-26)20-7-10-27-21(12-20)14-35-38(27)4/h5-12,14-16H,13,17H2,1-4H3/q-1. The van der Waals surface area contributed by atoms with Crippen molar-refractivity contribution in [2.45, 2.75) is 32.8 Å². The molecule has 0 atom stereocenters. The van der Waals surface area contributed by atoms with Gasteiger partial charge in [-0.1, -0.05) is 49.2 Å². The predicted molar refractivity (Wildman–Crippen MR) is 164 cm³/mol. The van der Waals surface area contributed by atoms with Crippen molar-refractivity contribution in [1.29, 1.82) is 0 Å². The Labute approximate surface area is 251 Å². The lowest BCUT2D eigenvalue weighted by atomic mass is 9.93. The molecule has 0 saturated heterocycles. The molecule has 0 spiro atoms. The summed E-state index contributed by atoms with van der Waals surface area (Å²) in [6.07, 6.45) is 5.31. The van der Waals surface area contributed by atoms with Crippen LogP contribution in [-0.4, -0.2) is 42.9 Å². The minimum Gasteiger partial charge on any atom is -0.847 e. The van der Waals surface area contributed by atoms with Crippen molar-refractivity contribution >= 4 is 50.0 Å². The average Bonchev–Trinajstić information content (AvgIpc) is 3.55. The molecule has 0 aliphatic rings. The minimum absolute atomic E-state index is 0.0230. The van der Waals surface area contributed by atoms with Gasteiger partial charge in [-0.25, -0.2) is 9.97 Å². The fourth-order valence-corrected chi connectivity index (χ4v) is 6.09. The fourth-order valence-electron chi connectivity index (χ4n) is 4.88. The molecule has 0 saturated carbocycles. The summed E-state index contributed by atoms with van der Waals surface area (Å²) in [7, 11) is 1.91. The summed E-state index contributed by atoms with van der Waals surface area (Å²) >= 11 is 7.70. The second-order valence-electron chi connectivity index (χ2n) is 10.8. The first-order valence-electron chi connectivity index (χ1n) is 13.4. The Bertz CT molecular complexity index is 1960. The van der Waals surface area contributed by atoms with Crippen LogP contribution in [0.15, 0.2) is 67.1 Å². The van der Waals surface area contributed by atoms with Crippen LogP contribution in [0, 0.1) is 6.92 Å². The molecule has 0 fully saturated rings. The van der Waals surface area contributed by atoms with E-state index in [1.165, 1.54) is 25.2 Å².